The zero-order chi connectivity index (χ0) is 17.0. The van der Waals surface area contributed by atoms with Crippen molar-refractivity contribution < 1.29 is 13.2 Å². The molecule has 1 N–H and O–H groups in total. The van der Waals surface area contributed by atoms with Crippen molar-refractivity contribution in [1.82, 2.24) is 9.29 Å². The fourth-order valence-corrected chi connectivity index (χ4v) is 4.14. The maximum atomic E-state index is 12.4. The van der Waals surface area contributed by atoms with Gasteiger partial charge >= 0.3 is 0 Å². The number of nitrogens with one attached hydrogen (secondary N) is 1. The minimum absolute atomic E-state index is 0.212. The highest BCUT2D eigenvalue weighted by Gasteiger charge is 2.21. The summed E-state index contributed by atoms with van der Waals surface area (Å²) in [7, 11) is -3.49. The SMILES string of the molecule is CCN(CC)S(=O)(=O)c1ccc(NC(=O)c2csc(C)n2)cc1. The average molecular weight is 353 g/mol. The molecule has 1 aromatic carbocycles. The van der Waals surface area contributed by atoms with Gasteiger partial charge in [-0.05, 0) is 31.2 Å². The van der Waals surface area contributed by atoms with Gasteiger partial charge < -0.3 is 5.32 Å². The Bertz CT molecular complexity index is 779. The van der Waals surface area contributed by atoms with Crippen LogP contribution in [0.2, 0.25) is 0 Å². The minimum Gasteiger partial charge on any atom is -0.321 e. The van der Waals surface area contributed by atoms with Gasteiger partial charge in [-0.3, -0.25) is 4.79 Å². The molecule has 2 rings (SSSR count). The summed E-state index contributed by atoms with van der Waals surface area (Å²) in [4.78, 5) is 16.3. The molecule has 2 aromatic rings. The highest BCUT2D eigenvalue weighted by Crippen LogP contribution is 2.19. The van der Waals surface area contributed by atoms with E-state index in [-0.39, 0.29) is 10.8 Å². The van der Waals surface area contributed by atoms with Crippen LogP contribution >= 0.6 is 11.3 Å². The molecule has 1 aromatic heterocycles. The van der Waals surface area contributed by atoms with Crippen LogP contribution in [0.25, 0.3) is 0 Å². The number of hydrogen-bond donors (Lipinski definition) is 1. The van der Waals surface area contributed by atoms with Crippen molar-refractivity contribution in [3.05, 3.63) is 40.3 Å². The van der Waals surface area contributed by atoms with Gasteiger partial charge in [-0.25, -0.2) is 13.4 Å². The zero-order valence-electron chi connectivity index (χ0n) is 13.2. The first-order valence-electron chi connectivity index (χ1n) is 7.22. The molecule has 0 aliphatic rings. The van der Waals surface area contributed by atoms with Gasteiger partial charge in [0, 0.05) is 24.2 Å². The molecular weight excluding hydrogens is 334 g/mol. The van der Waals surface area contributed by atoms with Gasteiger partial charge in [0.1, 0.15) is 5.69 Å². The summed E-state index contributed by atoms with van der Waals surface area (Å²) in [6.07, 6.45) is 0. The summed E-state index contributed by atoms with van der Waals surface area (Å²) < 4.78 is 26.2. The molecule has 6 nitrogen and oxygen atoms in total. The summed E-state index contributed by atoms with van der Waals surface area (Å²) in [5.41, 5.74) is 0.881. The number of sulfonamides is 1. The third-order valence-corrected chi connectivity index (χ3v) is 6.14. The molecule has 0 atom stereocenters. The smallest absolute Gasteiger partial charge is 0.275 e. The van der Waals surface area contributed by atoms with Crippen LogP contribution in [-0.2, 0) is 10.0 Å². The summed E-state index contributed by atoms with van der Waals surface area (Å²) in [5, 5.41) is 5.20. The van der Waals surface area contributed by atoms with Crippen molar-refractivity contribution in [2.75, 3.05) is 18.4 Å². The number of thiazole rings is 1. The van der Waals surface area contributed by atoms with E-state index in [1.165, 1.54) is 27.8 Å². The van der Waals surface area contributed by atoms with Gasteiger partial charge in [-0.2, -0.15) is 4.31 Å². The summed E-state index contributed by atoms with van der Waals surface area (Å²) in [6.45, 7) is 6.26. The van der Waals surface area contributed by atoms with E-state index in [1.54, 1.807) is 31.4 Å². The number of aryl methyl sites for hydroxylation is 1. The fraction of sp³-hybridized carbons (Fsp3) is 0.333. The second kappa shape index (κ2) is 7.20. The van der Waals surface area contributed by atoms with E-state index in [4.69, 9.17) is 0 Å². The van der Waals surface area contributed by atoms with Crippen molar-refractivity contribution in [2.45, 2.75) is 25.7 Å². The van der Waals surface area contributed by atoms with E-state index >= 15 is 0 Å². The van der Waals surface area contributed by atoms with E-state index in [0.717, 1.165) is 5.01 Å². The van der Waals surface area contributed by atoms with Crippen molar-refractivity contribution in [3.63, 3.8) is 0 Å². The highest BCUT2D eigenvalue weighted by molar-refractivity contribution is 7.89. The Balaban J connectivity index is 2.15. The Morgan fingerprint density at radius 1 is 1.22 bits per heavy atom. The van der Waals surface area contributed by atoms with Crippen LogP contribution in [0.1, 0.15) is 29.3 Å². The van der Waals surface area contributed by atoms with Crippen LogP contribution in [0.3, 0.4) is 0 Å². The number of benzene rings is 1. The number of rotatable bonds is 6. The number of nitrogens with zero attached hydrogens (tertiary/aromatic N) is 2. The lowest BCUT2D eigenvalue weighted by atomic mass is 10.3. The van der Waals surface area contributed by atoms with Gasteiger partial charge in [0.15, 0.2) is 0 Å². The second-order valence-corrected chi connectivity index (χ2v) is 7.82. The third-order valence-electron chi connectivity index (χ3n) is 3.31. The largest absolute Gasteiger partial charge is 0.321 e. The van der Waals surface area contributed by atoms with E-state index in [0.29, 0.717) is 24.5 Å². The molecule has 0 saturated carbocycles. The number of carbonyl (C=O) groups is 1. The zero-order valence-corrected chi connectivity index (χ0v) is 14.9. The molecule has 0 aliphatic heterocycles. The predicted octanol–water partition coefficient (Wildman–Crippen LogP) is 2.73. The van der Waals surface area contributed by atoms with Crippen LogP contribution in [0.15, 0.2) is 34.5 Å². The molecule has 0 saturated heterocycles. The lowest BCUT2D eigenvalue weighted by molar-refractivity contribution is 0.102. The van der Waals surface area contributed by atoms with Gasteiger partial charge in [0.05, 0.1) is 9.90 Å². The van der Waals surface area contributed by atoms with Gasteiger partial charge in [0.25, 0.3) is 5.91 Å². The average Bonchev–Trinajstić information content (AvgIpc) is 2.95. The number of hydrogen-bond acceptors (Lipinski definition) is 5. The first-order valence-corrected chi connectivity index (χ1v) is 9.54. The van der Waals surface area contributed by atoms with Gasteiger partial charge in [0.2, 0.25) is 10.0 Å². The molecule has 1 heterocycles. The number of aromatic nitrogens is 1. The number of amides is 1. The van der Waals surface area contributed by atoms with E-state index in [1.807, 2.05) is 6.92 Å². The fourth-order valence-electron chi connectivity index (χ4n) is 2.09. The molecule has 0 radical (unpaired) electrons. The monoisotopic (exact) mass is 353 g/mol. The molecule has 0 aliphatic carbocycles. The lowest BCUT2D eigenvalue weighted by Gasteiger charge is -2.18. The molecule has 8 heteroatoms. The van der Waals surface area contributed by atoms with Crippen LogP contribution < -0.4 is 5.32 Å². The maximum absolute atomic E-state index is 12.4. The molecule has 23 heavy (non-hydrogen) atoms. The Hall–Kier alpha value is -1.77. The van der Waals surface area contributed by atoms with Crippen LogP contribution in [-0.4, -0.2) is 36.7 Å². The van der Waals surface area contributed by atoms with Crippen LogP contribution in [0.4, 0.5) is 5.69 Å². The summed E-state index contributed by atoms with van der Waals surface area (Å²) in [6, 6.07) is 6.14. The van der Waals surface area contributed by atoms with Gasteiger partial charge in [-0.1, -0.05) is 13.8 Å². The topological polar surface area (TPSA) is 79.4 Å². The summed E-state index contributed by atoms with van der Waals surface area (Å²) >= 11 is 1.40. The van der Waals surface area contributed by atoms with Crippen molar-refractivity contribution in [2.24, 2.45) is 0 Å². The second-order valence-electron chi connectivity index (χ2n) is 4.82. The standard InChI is InChI=1S/C15H19N3O3S2/c1-4-18(5-2)23(20,21)13-8-6-12(7-9-13)17-15(19)14-10-22-11(3)16-14/h6-10H,4-5H2,1-3H3,(H,17,19). The van der Waals surface area contributed by atoms with E-state index in [9.17, 15) is 13.2 Å². The van der Waals surface area contributed by atoms with Crippen LogP contribution in [0.5, 0.6) is 0 Å². The molecule has 124 valence electrons. The van der Waals surface area contributed by atoms with E-state index < -0.39 is 10.0 Å². The third kappa shape index (κ3) is 3.95. The first kappa shape index (κ1) is 17.6. The normalized spacial score (nSPS) is 11.7. The Morgan fingerprint density at radius 3 is 2.30 bits per heavy atom. The lowest BCUT2D eigenvalue weighted by Crippen LogP contribution is -2.30. The molecule has 0 bridgehead atoms. The number of carbonyl (C=O) groups excluding carboxylic acids is 1. The molecule has 1 amide bonds. The van der Waals surface area contributed by atoms with Gasteiger partial charge in [-0.15, -0.1) is 11.3 Å². The van der Waals surface area contributed by atoms with Crippen molar-refractivity contribution in [1.29, 1.82) is 0 Å². The maximum Gasteiger partial charge on any atom is 0.275 e. The van der Waals surface area contributed by atoms with Crippen molar-refractivity contribution in [3.8, 4) is 0 Å². The van der Waals surface area contributed by atoms with E-state index in [2.05, 4.69) is 10.3 Å². The first-order chi connectivity index (χ1) is 10.9. The minimum atomic E-state index is -3.49. The summed E-state index contributed by atoms with van der Waals surface area (Å²) in [5.74, 6) is -0.311. The molecule has 0 fully saturated rings. The Kier molecular flexibility index (Phi) is 5.51. The quantitative estimate of drug-likeness (QED) is 0.866. The Morgan fingerprint density at radius 2 is 1.83 bits per heavy atom. The Labute approximate surface area is 140 Å². The van der Waals surface area contributed by atoms with Crippen LogP contribution in [0, 0.1) is 6.92 Å². The molecule has 0 spiro atoms. The molecular formula is C15H19N3O3S2. The van der Waals surface area contributed by atoms with Crippen molar-refractivity contribution >= 4 is 33.0 Å². The number of anilines is 1. The predicted molar refractivity (Wildman–Crippen MR) is 91.4 cm³/mol. The molecule has 0 unspecified atom stereocenters. The highest BCUT2D eigenvalue weighted by atomic mass is 32.2.